The molecule has 2 atom stereocenters. The van der Waals surface area contributed by atoms with E-state index in [0.717, 1.165) is 5.69 Å². The van der Waals surface area contributed by atoms with E-state index in [2.05, 4.69) is 64.4 Å². The van der Waals surface area contributed by atoms with Crippen LogP contribution in [0.1, 0.15) is 45.6 Å². The summed E-state index contributed by atoms with van der Waals surface area (Å²) < 4.78 is 2.18. The number of benzene rings is 19. The van der Waals surface area contributed by atoms with Crippen molar-refractivity contribution in [3.63, 3.8) is 0 Å². The zero-order chi connectivity index (χ0) is 47.8. The number of pyridine rings is 1. The second kappa shape index (κ2) is 7.37. The van der Waals surface area contributed by atoms with Gasteiger partial charge in [-0.25, -0.2) is 4.98 Å². The van der Waals surface area contributed by atoms with Crippen LogP contribution in [-0.2, 0) is 10.8 Å². The molecular formula is C76H14N4. The van der Waals surface area contributed by atoms with E-state index >= 15 is 0 Å². The van der Waals surface area contributed by atoms with Crippen molar-refractivity contribution in [2.75, 3.05) is 0 Å². The molecule has 4 aliphatic carbocycles. The second-order valence-corrected chi connectivity index (χ2v) is 28.2. The molecule has 1 fully saturated rings. The first-order valence-electron chi connectivity index (χ1n) is 29.4. The van der Waals surface area contributed by atoms with Crippen LogP contribution in [-0.4, -0.2) is 14.5 Å². The second-order valence-electron chi connectivity index (χ2n) is 28.2. The van der Waals surface area contributed by atoms with Gasteiger partial charge >= 0.3 is 0 Å². The average Bonchev–Trinajstić information content (AvgIpc) is 1.40. The van der Waals surface area contributed by atoms with Crippen LogP contribution < -0.4 is 5.32 Å². The zero-order valence-corrected chi connectivity index (χ0v) is 40.8. The molecule has 1 aliphatic heterocycles. The van der Waals surface area contributed by atoms with Gasteiger partial charge in [0.15, 0.2) is 0 Å². The third kappa shape index (κ3) is 1.76. The highest BCUT2D eigenvalue weighted by molar-refractivity contribution is 6.82. The lowest BCUT2D eigenvalue weighted by molar-refractivity contribution is 0.332. The minimum atomic E-state index is -0.527. The van der Waals surface area contributed by atoms with E-state index in [1.54, 1.807) is 313 Å². The lowest BCUT2D eigenvalue weighted by Crippen LogP contribution is -2.52. The molecule has 31 aromatic rings. The van der Waals surface area contributed by atoms with Gasteiger partial charge in [0.2, 0.25) is 0 Å². The number of nitrogens with one attached hydrogen (secondary N) is 1. The van der Waals surface area contributed by atoms with Crippen molar-refractivity contribution in [1.82, 2.24) is 19.9 Å². The van der Waals surface area contributed by atoms with Crippen LogP contribution in [0.4, 0.5) is 0 Å². The molecule has 1 N–H and O–H groups in total. The summed E-state index contributed by atoms with van der Waals surface area (Å²) in [5.41, 5.74) is 9.38. The highest BCUT2D eigenvalue weighted by Gasteiger charge is 2.78. The fraction of sp³-hybridized carbons (Fsp3) is 0.0526. The van der Waals surface area contributed by atoms with E-state index in [1.165, 1.54) is 11.3 Å². The molecule has 1 saturated heterocycles. The van der Waals surface area contributed by atoms with Crippen molar-refractivity contribution in [3.8, 4) is 5.69 Å². The normalized spacial score (nSPS) is 23.1. The number of hydrogen-bond donors (Lipinski definition) is 1. The SMILES string of the molecule is c1ccc([C@@H]2N[C@H](c3ccc(-n4ccnc4)cc3)C34c5c6c7c8c9c%10c(c%11c%12c3c3c5c5c%13c6c6c7c7c9c9c%14c%10c%10c%11c%11c%12c%12c3c3c5c5c%13c%13c6c6c7c9c7c9c%14c%10c%10c%11c%11c%12c3c3c5c5c%13c6c7c6c9c%10c%11c3c56)C824)nc1. The predicted molar refractivity (Wildman–Crippen MR) is 330 cm³/mol. The molecule has 0 amide bonds. The van der Waals surface area contributed by atoms with Crippen LogP contribution >= 0.6 is 0 Å². The first-order valence-corrected chi connectivity index (χ1v) is 29.4. The van der Waals surface area contributed by atoms with Gasteiger partial charge in [0.1, 0.15) is 0 Å². The highest BCUT2D eigenvalue weighted by atomic mass is 15.1. The summed E-state index contributed by atoms with van der Waals surface area (Å²) in [6.07, 6.45) is 8.07. The molecule has 4 heteroatoms. The van der Waals surface area contributed by atoms with Gasteiger partial charge in [0.05, 0.1) is 28.9 Å². The minimum absolute atomic E-state index is 0.0675. The Bertz CT molecular complexity index is 7910. The number of aromatic nitrogens is 3. The van der Waals surface area contributed by atoms with Crippen molar-refractivity contribution in [2.24, 2.45) is 0 Å². The summed E-state index contributed by atoms with van der Waals surface area (Å²) in [6.45, 7) is 0. The summed E-state index contributed by atoms with van der Waals surface area (Å²) in [7, 11) is 0. The average molecular weight is 983 g/mol. The van der Waals surface area contributed by atoms with E-state index in [0.29, 0.717) is 0 Å². The number of hydrogen-bond acceptors (Lipinski definition) is 3. The lowest BCUT2D eigenvalue weighted by Gasteiger charge is -2.53. The Morgan fingerprint density at radius 3 is 0.812 bits per heavy atom. The molecular weight excluding hydrogens is 969 g/mol. The Morgan fingerprint density at radius 1 is 0.287 bits per heavy atom. The lowest BCUT2D eigenvalue weighted by atomic mass is 9.45. The standard InChI is InChI=1S/C76H14N4/c1-2-8-78-14(3-1)74-76-71-65-55-45-35-27-19-16-15-17-21-23(19)31-37-29(21)39-33-25(17)26-18(15)22-24-20(16)28(27)36-42-32(24)38-30(22)40-34(26)44-43(33)53-47(39)57-51(37)59(49(55)41(31)35)67(71)63(57)69-61(53)62-54(44)48(40)58-52(38)60-50(42)56(46(36)45)66(65)72(76)68(60)64(58)70(62)75(69,76)73(79-74)12-4-6-13(7-5-12)80-10-9-77-11-80/h1-11,73-74,79H/t73-,74+,75?,76?/m1/s1. The summed E-state index contributed by atoms with van der Waals surface area (Å²) >= 11 is 0. The molecule has 2 aromatic heterocycles. The fourth-order valence-corrected chi connectivity index (χ4v) is 27.3. The van der Waals surface area contributed by atoms with Crippen LogP contribution in [0.3, 0.4) is 0 Å². The highest BCUT2D eigenvalue weighted by Crippen LogP contribution is 2.88. The van der Waals surface area contributed by atoms with Gasteiger partial charge in [0.25, 0.3) is 0 Å². The van der Waals surface area contributed by atoms with Crippen molar-refractivity contribution in [3.05, 3.63) is 101 Å². The molecule has 2 spiro atoms. The summed E-state index contributed by atoms with van der Waals surface area (Å²) in [4.78, 5) is 10.2. The molecule has 29 aromatic carbocycles. The summed E-state index contributed by atoms with van der Waals surface area (Å²) in [5, 5.41) is 93.0. The van der Waals surface area contributed by atoms with Crippen molar-refractivity contribution in [2.45, 2.75) is 22.9 Å². The third-order valence-electron chi connectivity index (χ3n) is 27.7. The first kappa shape index (κ1) is 30.8. The van der Waals surface area contributed by atoms with Crippen LogP contribution in [0.25, 0.3) is 297 Å². The zero-order valence-electron chi connectivity index (χ0n) is 40.8. The van der Waals surface area contributed by atoms with Crippen molar-refractivity contribution in [1.29, 1.82) is 0 Å². The van der Waals surface area contributed by atoms with Crippen LogP contribution in [0, 0.1) is 0 Å². The van der Waals surface area contributed by atoms with Crippen LogP contribution in [0.15, 0.2) is 67.4 Å². The molecule has 4 nitrogen and oxygen atoms in total. The smallest absolute Gasteiger partial charge is 0.0991 e. The number of nitrogens with zero attached hydrogens (tertiary/aromatic N) is 3. The number of rotatable bonds is 3. The fourth-order valence-electron chi connectivity index (χ4n) is 27.3. The van der Waals surface area contributed by atoms with E-state index in [4.69, 9.17) is 10.3 Å². The predicted octanol–water partition coefficient (Wildman–Crippen LogP) is 19.0. The van der Waals surface area contributed by atoms with Gasteiger partial charge in [0, 0.05) is 30.3 Å². The van der Waals surface area contributed by atoms with Crippen molar-refractivity contribution < 1.29 is 0 Å². The van der Waals surface area contributed by atoms with E-state index in [1.807, 2.05) is 12.5 Å². The molecule has 338 valence electrons. The van der Waals surface area contributed by atoms with E-state index in [-0.39, 0.29) is 12.1 Å². The Hall–Kier alpha value is -10.0. The molecule has 0 saturated carbocycles. The maximum Gasteiger partial charge on any atom is 0.0991 e. The van der Waals surface area contributed by atoms with Crippen LogP contribution in [0.5, 0.6) is 0 Å². The molecule has 5 aliphatic rings. The number of imidazole rings is 1. The molecule has 0 unspecified atom stereocenters. The first-order chi connectivity index (χ1) is 39.9. The van der Waals surface area contributed by atoms with Gasteiger partial charge in [-0.15, -0.1) is 0 Å². The van der Waals surface area contributed by atoms with Gasteiger partial charge in [-0.2, -0.15) is 0 Å². The Labute approximate surface area is 437 Å². The monoisotopic (exact) mass is 982 g/mol. The minimum Gasteiger partial charge on any atom is -0.306 e. The Morgan fingerprint density at radius 2 is 0.562 bits per heavy atom. The van der Waals surface area contributed by atoms with E-state index in [9.17, 15) is 0 Å². The maximum absolute atomic E-state index is 5.67. The quantitative estimate of drug-likeness (QED) is 0.179. The molecule has 3 heterocycles. The van der Waals surface area contributed by atoms with E-state index < -0.39 is 10.8 Å². The topological polar surface area (TPSA) is 42.7 Å². The molecule has 36 rings (SSSR count). The summed E-state index contributed by atoms with van der Waals surface area (Å²) in [6, 6.07) is 16.5. The Kier molecular flexibility index (Phi) is 2.84. The summed E-state index contributed by atoms with van der Waals surface area (Å²) in [5.74, 6) is 0. The molecule has 0 bridgehead atoms. The largest absolute Gasteiger partial charge is 0.306 e. The molecule has 0 radical (unpaired) electrons. The van der Waals surface area contributed by atoms with Crippen LogP contribution in [0.2, 0.25) is 0 Å². The van der Waals surface area contributed by atoms with Gasteiger partial charge in [-0.1, -0.05) is 18.2 Å². The van der Waals surface area contributed by atoms with Crippen molar-refractivity contribution >= 4 is 291 Å². The van der Waals surface area contributed by atoms with Gasteiger partial charge in [-0.05, 0) is 343 Å². The molecule has 80 heavy (non-hydrogen) atoms. The van der Waals surface area contributed by atoms with Gasteiger partial charge in [-0.3, -0.25) is 10.3 Å². The maximum atomic E-state index is 5.67. The Balaban J connectivity index is 1.04. The van der Waals surface area contributed by atoms with Gasteiger partial charge < -0.3 is 4.57 Å². The third-order valence-corrected chi connectivity index (χ3v) is 27.7.